The number of furan rings is 1. The minimum absolute atomic E-state index is 0.0276. The Balaban J connectivity index is 1.45. The lowest BCUT2D eigenvalue weighted by Gasteiger charge is -2.33. The fourth-order valence-electron chi connectivity index (χ4n) is 5.02. The normalized spacial score (nSPS) is 19.5. The zero-order valence-electron chi connectivity index (χ0n) is 19.4. The van der Waals surface area contributed by atoms with Gasteiger partial charge in [-0.25, -0.2) is 8.42 Å². The van der Waals surface area contributed by atoms with E-state index in [4.69, 9.17) is 4.42 Å². The third-order valence-electron chi connectivity index (χ3n) is 7.02. The van der Waals surface area contributed by atoms with Crippen LogP contribution in [0.3, 0.4) is 0 Å². The zero-order chi connectivity index (χ0) is 23.3. The molecule has 2 aliphatic rings. The Kier molecular flexibility index (Phi) is 7.88. The summed E-state index contributed by atoms with van der Waals surface area (Å²) in [6.45, 7) is 2.36. The Morgan fingerprint density at radius 3 is 2.52 bits per heavy atom. The summed E-state index contributed by atoms with van der Waals surface area (Å²) < 4.78 is 33.6. The molecular formula is C25H35N3O4S. The summed E-state index contributed by atoms with van der Waals surface area (Å²) in [5, 5.41) is 3.01. The molecule has 1 aromatic carbocycles. The number of sulfonamides is 1. The van der Waals surface area contributed by atoms with Crippen molar-refractivity contribution in [2.24, 2.45) is 0 Å². The van der Waals surface area contributed by atoms with Gasteiger partial charge in [0.2, 0.25) is 10.0 Å². The second-order valence-electron chi connectivity index (χ2n) is 9.18. The van der Waals surface area contributed by atoms with Crippen molar-refractivity contribution in [3.05, 3.63) is 54.0 Å². The number of carbonyl (C=O) groups is 1. The molecule has 2 heterocycles. The van der Waals surface area contributed by atoms with Crippen LogP contribution < -0.4 is 5.32 Å². The van der Waals surface area contributed by atoms with E-state index in [1.54, 1.807) is 31.5 Å². The number of rotatable bonds is 8. The number of nitrogens with zero attached hydrogens (tertiary/aromatic N) is 2. The summed E-state index contributed by atoms with van der Waals surface area (Å²) in [6.07, 6.45) is 10.2. The topological polar surface area (TPSA) is 82.9 Å². The highest BCUT2D eigenvalue weighted by molar-refractivity contribution is 7.89. The zero-order valence-corrected chi connectivity index (χ0v) is 20.2. The molecule has 1 aromatic heterocycles. The molecule has 4 rings (SSSR count). The summed E-state index contributed by atoms with van der Waals surface area (Å²) in [7, 11) is -1.99. The second-order valence-corrected chi connectivity index (χ2v) is 11.2. The van der Waals surface area contributed by atoms with E-state index >= 15 is 0 Å². The molecule has 180 valence electrons. The summed E-state index contributed by atoms with van der Waals surface area (Å²) in [5.74, 6) is 0.559. The molecule has 1 aliphatic carbocycles. The van der Waals surface area contributed by atoms with Gasteiger partial charge < -0.3 is 9.73 Å². The molecule has 1 saturated heterocycles. The van der Waals surface area contributed by atoms with E-state index in [2.05, 4.69) is 10.2 Å². The molecule has 2 aromatic rings. The first-order chi connectivity index (χ1) is 16.0. The SMILES string of the molecule is CN(C1CCCCC1)S(=O)(=O)c1cccc(C(=O)NCC(c2ccco2)N2CCCCC2)c1. The quantitative estimate of drug-likeness (QED) is 0.622. The molecule has 8 heteroatoms. The first kappa shape index (κ1) is 24.0. The molecule has 0 spiro atoms. The Morgan fingerprint density at radius 2 is 1.82 bits per heavy atom. The van der Waals surface area contributed by atoms with Crippen LogP contribution in [0.5, 0.6) is 0 Å². The van der Waals surface area contributed by atoms with E-state index in [0.29, 0.717) is 12.1 Å². The number of piperidine rings is 1. The number of carbonyl (C=O) groups excluding carboxylic acids is 1. The Hall–Kier alpha value is -2.16. The molecular weight excluding hydrogens is 438 g/mol. The minimum Gasteiger partial charge on any atom is -0.468 e. The summed E-state index contributed by atoms with van der Waals surface area (Å²) in [6, 6.07) is 10.2. The van der Waals surface area contributed by atoms with Crippen LogP contribution in [0.1, 0.15) is 73.5 Å². The van der Waals surface area contributed by atoms with Crippen molar-refractivity contribution in [3.8, 4) is 0 Å². The second kappa shape index (κ2) is 10.8. The maximum absolute atomic E-state index is 13.2. The van der Waals surface area contributed by atoms with E-state index in [-0.39, 0.29) is 22.9 Å². The van der Waals surface area contributed by atoms with Gasteiger partial charge in [-0.05, 0) is 69.1 Å². The van der Waals surface area contributed by atoms with Gasteiger partial charge in [0.15, 0.2) is 0 Å². The number of amides is 1. The molecule has 33 heavy (non-hydrogen) atoms. The third-order valence-corrected chi connectivity index (χ3v) is 8.93. The lowest BCUT2D eigenvalue weighted by molar-refractivity contribution is 0.0914. The lowest BCUT2D eigenvalue weighted by atomic mass is 9.96. The highest BCUT2D eigenvalue weighted by atomic mass is 32.2. The van der Waals surface area contributed by atoms with Crippen molar-refractivity contribution in [1.82, 2.24) is 14.5 Å². The summed E-state index contributed by atoms with van der Waals surface area (Å²) >= 11 is 0. The van der Waals surface area contributed by atoms with Gasteiger partial charge >= 0.3 is 0 Å². The van der Waals surface area contributed by atoms with Crippen molar-refractivity contribution >= 4 is 15.9 Å². The van der Waals surface area contributed by atoms with Crippen LogP contribution in [0.25, 0.3) is 0 Å². The standard InChI is InChI=1S/C25H35N3O4S/c1-27(21-11-4-2-5-12-21)33(30,31)22-13-8-10-20(18-22)25(29)26-19-23(24-14-9-17-32-24)28-15-6-3-7-16-28/h8-10,13-14,17-18,21,23H,2-7,11-12,15-16,19H2,1H3,(H,26,29). The van der Waals surface area contributed by atoms with Crippen LogP contribution in [0.4, 0.5) is 0 Å². The third kappa shape index (κ3) is 5.67. The summed E-state index contributed by atoms with van der Waals surface area (Å²) in [4.78, 5) is 15.5. The van der Waals surface area contributed by atoms with Crippen LogP contribution >= 0.6 is 0 Å². The molecule has 2 fully saturated rings. The van der Waals surface area contributed by atoms with Crippen molar-refractivity contribution < 1.29 is 17.6 Å². The Morgan fingerprint density at radius 1 is 1.09 bits per heavy atom. The Bertz CT molecular complexity index is 1010. The minimum atomic E-state index is -3.65. The molecule has 1 atom stereocenters. The predicted octanol–water partition coefficient (Wildman–Crippen LogP) is 4.19. The highest BCUT2D eigenvalue weighted by Gasteiger charge is 2.30. The molecule has 1 N–H and O–H groups in total. The molecule has 7 nitrogen and oxygen atoms in total. The van der Waals surface area contributed by atoms with Gasteiger partial charge in [-0.1, -0.05) is 31.7 Å². The van der Waals surface area contributed by atoms with Crippen LogP contribution in [0.15, 0.2) is 52.0 Å². The van der Waals surface area contributed by atoms with Crippen LogP contribution in [-0.4, -0.2) is 56.3 Å². The van der Waals surface area contributed by atoms with E-state index in [1.165, 1.54) is 16.8 Å². The average Bonchev–Trinajstić information content (AvgIpc) is 3.39. The Labute approximate surface area is 197 Å². The average molecular weight is 474 g/mol. The van der Waals surface area contributed by atoms with Crippen LogP contribution in [-0.2, 0) is 10.0 Å². The molecule has 1 amide bonds. The first-order valence-electron chi connectivity index (χ1n) is 12.1. The number of hydrogen-bond donors (Lipinski definition) is 1. The van der Waals surface area contributed by atoms with Crippen molar-refractivity contribution in [2.75, 3.05) is 26.7 Å². The van der Waals surface area contributed by atoms with E-state index in [1.807, 2.05) is 12.1 Å². The number of nitrogens with one attached hydrogen (secondary N) is 1. The molecule has 0 radical (unpaired) electrons. The van der Waals surface area contributed by atoms with Gasteiger partial charge in [0.25, 0.3) is 5.91 Å². The van der Waals surface area contributed by atoms with Crippen molar-refractivity contribution in [3.63, 3.8) is 0 Å². The first-order valence-corrected chi connectivity index (χ1v) is 13.5. The van der Waals surface area contributed by atoms with Crippen LogP contribution in [0.2, 0.25) is 0 Å². The fraction of sp³-hybridized carbons (Fsp3) is 0.560. The molecule has 1 saturated carbocycles. The molecule has 1 unspecified atom stereocenters. The maximum atomic E-state index is 13.2. The predicted molar refractivity (Wildman–Crippen MR) is 127 cm³/mol. The van der Waals surface area contributed by atoms with Gasteiger partial charge in [0.05, 0.1) is 17.2 Å². The van der Waals surface area contributed by atoms with Gasteiger partial charge in [0, 0.05) is 25.2 Å². The van der Waals surface area contributed by atoms with Crippen molar-refractivity contribution in [2.45, 2.75) is 68.3 Å². The maximum Gasteiger partial charge on any atom is 0.251 e. The van der Waals surface area contributed by atoms with E-state index < -0.39 is 10.0 Å². The van der Waals surface area contributed by atoms with Gasteiger partial charge in [-0.3, -0.25) is 9.69 Å². The number of benzene rings is 1. The van der Waals surface area contributed by atoms with Crippen LogP contribution in [0, 0.1) is 0 Å². The van der Waals surface area contributed by atoms with Crippen molar-refractivity contribution in [1.29, 1.82) is 0 Å². The highest BCUT2D eigenvalue weighted by Crippen LogP contribution is 2.27. The monoisotopic (exact) mass is 473 g/mol. The van der Waals surface area contributed by atoms with Gasteiger partial charge in [-0.15, -0.1) is 0 Å². The fourth-order valence-corrected chi connectivity index (χ4v) is 6.48. The number of likely N-dealkylation sites (tertiary alicyclic amines) is 1. The lowest BCUT2D eigenvalue weighted by Crippen LogP contribution is -2.40. The van der Waals surface area contributed by atoms with Gasteiger partial charge in [0.1, 0.15) is 5.76 Å². The molecule has 0 bridgehead atoms. The number of hydrogen-bond acceptors (Lipinski definition) is 5. The largest absolute Gasteiger partial charge is 0.468 e. The van der Waals surface area contributed by atoms with Gasteiger partial charge in [-0.2, -0.15) is 4.31 Å². The van der Waals surface area contributed by atoms with E-state index in [0.717, 1.165) is 63.8 Å². The molecule has 1 aliphatic heterocycles. The smallest absolute Gasteiger partial charge is 0.251 e. The summed E-state index contributed by atoms with van der Waals surface area (Å²) in [5.41, 5.74) is 0.352. The van der Waals surface area contributed by atoms with E-state index in [9.17, 15) is 13.2 Å².